The van der Waals surface area contributed by atoms with Gasteiger partial charge in [0, 0.05) is 0 Å². The maximum Gasteiger partial charge on any atom is 0.200 e. The minimum absolute atomic E-state index is 0.0438. The summed E-state index contributed by atoms with van der Waals surface area (Å²) in [6, 6.07) is 3.61. The Morgan fingerprint density at radius 2 is 1.80 bits per heavy atom. The average molecular weight is 208 g/mol. The first-order valence-corrected chi connectivity index (χ1v) is 4.77. The maximum absolute atomic E-state index is 9.67. The van der Waals surface area contributed by atoms with Gasteiger partial charge in [-0.2, -0.15) is 0 Å². The number of rotatable bonds is 5. The third-order valence-corrected chi connectivity index (χ3v) is 2.18. The van der Waals surface area contributed by atoms with Crippen molar-refractivity contribution in [3.8, 4) is 17.2 Å². The summed E-state index contributed by atoms with van der Waals surface area (Å²) in [7, 11) is 3.04. The second-order valence-corrected chi connectivity index (χ2v) is 3.18. The van der Waals surface area contributed by atoms with E-state index in [9.17, 15) is 5.11 Å². The van der Waals surface area contributed by atoms with Crippen molar-refractivity contribution >= 4 is 0 Å². The quantitative estimate of drug-likeness (QED) is 0.756. The monoisotopic (exact) mass is 208 g/mol. The zero-order valence-electron chi connectivity index (χ0n) is 9.12. The lowest BCUT2D eigenvalue weighted by atomic mass is 10.1. The molecule has 0 aliphatic heterocycles. The van der Waals surface area contributed by atoms with E-state index in [-0.39, 0.29) is 5.75 Å². The van der Waals surface area contributed by atoms with E-state index < -0.39 is 0 Å². The Hall–Kier alpha value is -1.64. The second kappa shape index (κ2) is 5.29. The summed E-state index contributed by atoms with van der Waals surface area (Å²) in [4.78, 5) is 0. The van der Waals surface area contributed by atoms with Crippen LogP contribution in [0.2, 0.25) is 0 Å². The van der Waals surface area contributed by atoms with E-state index in [0.29, 0.717) is 11.5 Å². The van der Waals surface area contributed by atoms with Crippen LogP contribution in [0, 0.1) is 0 Å². The summed E-state index contributed by atoms with van der Waals surface area (Å²) in [5.41, 5.74) is 1.06. The summed E-state index contributed by atoms with van der Waals surface area (Å²) in [6.45, 7) is 3.67. The van der Waals surface area contributed by atoms with Crippen LogP contribution >= 0.6 is 0 Å². The van der Waals surface area contributed by atoms with Crippen molar-refractivity contribution in [1.29, 1.82) is 0 Å². The van der Waals surface area contributed by atoms with Gasteiger partial charge < -0.3 is 14.6 Å². The molecule has 0 unspecified atom stereocenters. The summed E-state index contributed by atoms with van der Waals surface area (Å²) in [6.07, 6.45) is 3.60. The van der Waals surface area contributed by atoms with Gasteiger partial charge in [0.15, 0.2) is 11.5 Å². The summed E-state index contributed by atoms with van der Waals surface area (Å²) in [5.74, 6) is 0.921. The number of phenolic OH excluding ortho intramolecular Hbond substituents is 1. The van der Waals surface area contributed by atoms with Crippen LogP contribution in [0.15, 0.2) is 24.8 Å². The summed E-state index contributed by atoms with van der Waals surface area (Å²) >= 11 is 0. The van der Waals surface area contributed by atoms with Gasteiger partial charge in [0.1, 0.15) is 0 Å². The number of methoxy groups -OCH3 is 2. The van der Waals surface area contributed by atoms with Gasteiger partial charge in [-0.05, 0) is 30.5 Å². The first-order valence-electron chi connectivity index (χ1n) is 4.77. The SMILES string of the molecule is C=CCCc1cc(OC)c(O)c(OC)c1. The Labute approximate surface area is 90.0 Å². The highest BCUT2D eigenvalue weighted by molar-refractivity contribution is 5.52. The zero-order chi connectivity index (χ0) is 11.3. The number of hydrogen-bond acceptors (Lipinski definition) is 3. The molecule has 0 radical (unpaired) electrons. The number of phenols is 1. The molecule has 15 heavy (non-hydrogen) atoms. The highest BCUT2D eigenvalue weighted by Gasteiger charge is 2.10. The molecule has 0 saturated heterocycles. The molecule has 0 atom stereocenters. The van der Waals surface area contributed by atoms with Crippen LogP contribution < -0.4 is 9.47 Å². The number of hydrogen-bond donors (Lipinski definition) is 1. The molecule has 0 heterocycles. The number of ether oxygens (including phenoxy) is 2. The van der Waals surface area contributed by atoms with E-state index >= 15 is 0 Å². The number of benzene rings is 1. The van der Waals surface area contributed by atoms with Crippen LogP contribution in [0.25, 0.3) is 0 Å². The molecule has 1 N–H and O–H groups in total. The van der Waals surface area contributed by atoms with Crippen molar-refractivity contribution in [2.24, 2.45) is 0 Å². The molecule has 82 valence electrons. The first kappa shape index (κ1) is 11.4. The molecular weight excluding hydrogens is 192 g/mol. The van der Waals surface area contributed by atoms with Gasteiger partial charge in [-0.1, -0.05) is 6.08 Å². The van der Waals surface area contributed by atoms with Crippen molar-refractivity contribution in [2.75, 3.05) is 14.2 Å². The van der Waals surface area contributed by atoms with Crippen molar-refractivity contribution < 1.29 is 14.6 Å². The van der Waals surface area contributed by atoms with E-state index in [1.807, 2.05) is 6.08 Å². The average Bonchev–Trinajstić information content (AvgIpc) is 2.27. The highest BCUT2D eigenvalue weighted by Crippen LogP contribution is 2.37. The Kier molecular flexibility index (Phi) is 4.03. The van der Waals surface area contributed by atoms with Crippen LogP contribution in [0.4, 0.5) is 0 Å². The smallest absolute Gasteiger partial charge is 0.200 e. The lowest BCUT2D eigenvalue weighted by Gasteiger charge is -2.10. The van der Waals surface area contributed by atoms with Crippen molar-refractivity contribution in [1.82, 2.24) is 0 Å². The molecule has 3 heteroatoms. The van der Waals surface area contributed by atoms with Crippen LogP contribution in [-0.2, 0) is 6.42 Å². The fourth-order valence-electron chi connectivity index (χ4n) is 1.36. The van der Waals surface area contributed by atoms with Gasteiger partial charge >= 0.3 is 0 Å². The lowest BCUT2D eigenvalue weighted by Crippen LogP contribution is -1.92. The molecule has 0 aromatic heterocycles. The predicted octanol–water partition coefficient (Wildman–Crippen LogP) is 2.53. The first-order chi connectivity index (χ1) is 7.22. The predicted molar refractivity (Wildman–Crippen MR) is 59.7 cm³/mol. The number of aromatic hydroxyl groups is 1. The molecule has 0 saturated carbocycles. The lowest BCUT2D eigenvalue weighted by molar-refractivity contribution is 0.339. The molecule has 1 rings (SSSR count). The van der Waals surface area contributed by atoms with E-state index in [4.69, 9.17) is 9.47 Å². The molecule has 3 nitrogen and oxygen atoms in total. The maximum atomic E-state index is 9.67. The third kappa shape index (κ3) is 2.65. The zero-order valence-corrected chi connectivity index (χ0v) is 9.12. The molecule has 0 aliphatic carbocycles. The Morgan fingerprint density at radius 1 is 1.27 bits per heavy atom. The fourth-order valence-corrected chi connectivity index (χ4v) is 1.36. The molecule has 0 amide bonds. The Morgan fingerprint density at radius 3 is 2.20 bits per heavy atom. The largest absolute Gasteiger partial charge is 0.502 e. The Bertz CT molecular complexity index is 320. The minimum atomic E-state index is 0.0438. The summed E-state index contributed by atoms with van der Waals surface area (Å²) < 4.78 is 10.1. The fraction of sp³-hybridized carbons (Fsp3) is 0.333. The van der Waals surface area contributed by atoms with Crippen LogP contribution in [0.1, 0.15) is 12.0 Å². The van der Waals surface area contributed by atoms with Crippen molar-refractivity contribution in [3.63, 3.8) is 0 Å². The van der Waals surface area contributed by atoms with Crippen molar-refractivity contribution in [2.45, 2.75) is 12.8 Å². The standard InChI is InChI=1S/C12H16O3/c1-4-5-6-9-7-10(14-2)12(13)11(8-9)15-3/h4,7-8,13H,1,5-6H2,2-3H3. The minimum Gasteiger partial charge on any atom is -0.502 e. The molecule has 1 aromatic carbocycles. The molecule has 1 aromatic rings. The molecule has 0 aliphatic rings. The van der Waals surface area contributed by atoms with Crippen LogP contribution in [0.3, 0.4) is 0 Å². The normalized spacial score (nSPS) is 9.73. The van der Waals surface area contributed by atoms with E-state index in [1.54, 1.807) is 12.1 Å². The van der Waals surface area contributed by atoms with Gasteiger partial charge in [0.05, 0.1) is 14.2 Å². The highest BCUT2D eigenvalue weighted by atomic mass is 16.5. The number of aryl methyl sites for hydroxylation is 1. The second-order valence-electron chi connectivity index (χ2n) is 3.18. The third-order valence-electron chi connectivity index (χ3n) is 2.18. The van der Waals surface area contributed by atoms with Crippen molar-refractivity contribution in [3.05, 3.63) is 30.4 Å². The molecule has 0 fully saturated rings. The molecule has 0 spiro atoms. The van der Waals surface area contributed by atoms with Gasteiger partial charge in [0.25, 0.3) is 0 Å². The van der Waals surface area contributed by atoms with Crippen LogP contribution in [-0.4, -0.2) is 19.3 Å². The van der Waals surface area contributed by atoms with E-state index in [0.717, 1.165) is 18.4 Å². The Balaban J connectivity index is 3.03. The summed E-state index contributed by atoms with van der Waals surface area (Å²) in [5, 5.41) is 9.67. The van der Waals surface area contributed by atoms with Gasteiger partial charge in [-0.25, -0.2) is 0 Å². The van der Waals surface area contributed by atoms with Gasteiger partial charge in [0.2, 0.25) is 5.75 Å². The topological polar surface area (TPSA) is 38.7 Å². The molecule has 0 bridgehead atoms. The van der Waals surface area contributed by atoms with E-state index in [1.165, 1.54) is 14.2 Å². The van der Waals surface area contributed by atoms with Gasteiger partial charge in [-0.15, -0.1) is 6.58 Å². The van der Waals surface area contributed by atoms with E-state index in [2.05, 4.69) is 6.58 Å². The molecular formula is C12H16O3. The van der Waals surface area contributed by atoms with Crippen LogP contribution in [0.5, 0.6) is 17.2 Å². The van der Waals surface area contributed by atoms with Gasteiger partial charge in [-0.3, -0.25) is 0 Å². The number of allylic oxidation sites excluding steroid dienone is 1.